The number of pyridine rings is 2. The quantitative estimate of drug-likeness (QED) is 0.0653. The molecule has 74 heavy (non-hydrogen) atoms. The molecule has 10 nitrogen and oxygen atoms in total. The summed E-state index contributed by atoms with van der Waals surface area (Å²) in [5, 5.41) is 26.9. The molecule has 0 radical (unpaired) electrons. The Balaban J connectivity index is 0.835. The number of rotatable bonds is 16. The summed E-state index contributed by atoms with van der Waals surface area (Å²) in [5.74, 6) is 2.27. The van der Waals surface area contributed by atoms with E-state index >= 15 is 0 Å². The van der Waals surface area contributed by atoms with Crippen molar-refractivity contribution in [3.63, 3.8) is 0 Å². The summed E-state index contributed by atoms with van der Waals surface area (Å²) < 4.78 is 2.02. The second kappa shape index (κ2) is 23.2. The van der Waals surface area contributed by atoms with Gasteiger partial charge < -0.3 is 19.2 Å². The zero-order chi connectivity index (χ0) is 52.4. The van der Waals surface area contributed by atoms with Crippen LogP contribution in [0.25, 0.3) is 21.8 Å². The maximum Gasteiger partial charge on any atom is 0.131 e. The summed E-state index contributed by atoms with van der Waals surface area (Å²) in [4.78, 5) is 20.3. The summed E-state index contributed by atoms with van der Waals surface area (Å²) in [6.07, 6.45) is 18.7. The van der Waals surface area contributed by atoms with Gasteiger partial charge in [0.05, 0.1) is 50.3 Å². The van der Waals surface area contributed by atoms with Crippen molar-refractivity contribution in [1.29, 1.82) is 0 Å². The van der Waals surface area contributed by atoms with Crippen molar-refractivity contribution in [3.05, 3.63) is 109 Å². The highest BCUT2D eigenvalue weighted by Crippen LogP contribution is 2.49. The molecule has 7 saturated heterocycles. The molecule has 7 aliphatic rings. The van der Waals surface area contributed by atoms with Crippen LogP contribution < -0.4 is 0 Å². The first-order valence-corrected chi connectivity index (χ1v) is 29.4. The number of para-hydroxylation sites is 2. The number of quaternary nitrogens is 2. The van der Waals surface area contributed by atoms with Gasteiger partial charge in [-0.05, 0) is 154 Å². The molecule has 0 spiro atoms. The lowest BCUT2D eigenvalue weighted by Gasteiger charge is -2.58. The van der Waals surface area contributed by atoms with Crippen LogP contribution in [-0.2, 0) is 0 Å². The number of aliphatic hydroxyl groups is 2. The van der Waals surface area contributed by atoms with Crippen molar-refractivity contribution in [1.82, 2.24) is 29.6 Å². The first kappa shape index (κ1) is 55.2. The number of likely N-dealkylation sites (N-methyl/N-ethyl adjacent to an activating group) is 2. The minimum atomic E-state index is -0.506. The predicted molar refractivity (Wildman–Crippen MR) is 307 cm³/mol. The molecule has 7 aliphatic heterocycles. The Labute approximate surface area is 447 Å². The van der Waals surface area contributed by atoms with Gasteiger partial charge >= 0.3 is 0 Å². The smallest absolute Gasteiger partial charge is 0.131 e. The maximum absolute atomic E-state index is 12.3. The number of unbranched alkanes of at least 4 members (excludes halogenated alkanes) is 2. The Morgan fingerprint density at radius 3 is 1.42 bits per heavy atom. The van der Waals surface area contributed by atoms with Gasteiger partial charge in [0.25, 0.3) is 0 Å². The van der Waals surface area contributed by atoms with Crippen molar-refractivity contribution in [2.75, 3.05) is 92.6 Å². The van der Waals surface area contributed by atoms with Gasteiger partial charge in [-0.25, -0.2) is 0 Å². The fourth-order valence-corrected chi connectivity index (χ4v) is 15.9. The molecule has 0 saturated carbocycles. The molecule has 0 aliphatic carbocycles. The van der Waals surface area contributed by atoms with Gasteiger partial charge in [0.15, 0.2) is 0 Å². The van der Waals surface area contributed by atoms with Crippen molar-refractivity contribution in [3.8, 4) is 0 Å². The highest BCUT2D eigenvalue weighted by molar-refractivity contribution is 5.83. The van der Waals surface area contributed by atoms with E-state index in [1.807, 2.05) is 24.5 Å². The minimum absolute atomic E-state index is 0.0484. The number of aliphatic hydroxyl groups excluding tert-OH is 2. The van der Waals surface area contributed by atoms with Crippen molar-refractivity contribution in [2.24, 2.45) is 23.7 Å². The number of piperidine rings is 6. The third-order valence-corrected chi connectivity index (χ3v) is 21.0. The molecule has 9 heterocycles. The summed E-state index contributed by atoms with van der Waals surface area (Å²) in [6, 6.07) is 22.1. The third-order valence-electron chi connectivity index (χ3n) is 21.0. The SMILES string of the molecule is C=C[C@@H]1C[N@+]2(CCCCN3CCN(C)C(C)(C)CC(C)N(CCCC[N@@+]45CC[C@@H](C[C@H]4[C@H](O)c4ccnc6ccccc46)[C@H](C=C)C5)CCN(C)C(C)(C)CC3C)CC[C@H]1C[C@H]2[C@H](O)c1ccnc2ccccc12. The van der Waals surface area contributed by atoms with Gasteiger partial charge in [0.1, 0.15) is 24.3 Å². The maximum atomic E-state index is 12.3. The van der Waals surface area contributed by atoms with Crippen LogP contribution in [0.4, 0.5) is 0 Å². The molecule has 11 rings (SSSR count). The number of hydrogen-bond donors (Lipinski definition) is 2. The normalized spacial score (nSPS) is 33.3. The van der Waals surface area contributed by atoms with Gasteiger partial charge in [0, 0.05) is 110 Å². The van der Waals surface area contributed by atoms with Crippen LogP contribution in [0.2, 0.25) is 0 Å². The summed E-state index contributed by atoms with van der Waals surface area (Å²) in [7, 11) is 4.75. The molecule has 2 N–H and O–H groups in total. The highest BCUT2D eigenvalue weighted by atomic mass is 16.3. The highest BCUT2D eigenvalue weighted by Gasteiger charge is 2.55. The minimum Gasteiger partial charge on any atom is -0.382 e. The van der Waals surface area contributed by atoms with Gasteiger partial charge in [-0.3, -0.25) is 29.6 Å². The molecule has 4 bridgehead atoms. The van der Waals surface area contributed by atoms with E-state index in [0.717, 1.165) is 159 Å². The Bertz CT molecular complexity index is 2330. The second-order valence-corrected chi connectivity index (χ2v) is 26.0. The molecule has 12 atom stereocenters. The Hall–Kier alpha value is -3.58. The number of aromatic nitrogens is 2. The Morgan fingerprint density at radius 1 is 0.608 bits per heavy atom. The third kappa shape index (κ3) is 11.5. The molecule has 2 aromatic heterocycles. The van der Waals surface area contributed by atoms with Crippen molar-refractivity contribution in [2.45, 2.75) is 153 Å². The van der Waals surface area contributed by atoms with E-state index in [0.29, 0.717) is 35.8 Å². The number of fused-ring (bicyclic) bond motifs is 8. The van der Waals surface area contributed by atoms with Crippen LogP contribution in [0, 0.1) is 23.7 Å². The summed E-state index contributed by atoms with van der Waals surface area (Å²) in [6.45, 7) is 36.7. The monoisotopic (exact) mass is 1010 g/mol. The molecule has 404 valence electrons. The molecule has 2 aromatic carbocycles. The molecular formula is C64H98N8O2+2. The first-order valence-electron chi connectivity index (χ1n) is 29.4. The van der Waals surface area contributed by atoms with Crippen LogP contribution in [0.5, 0.6) is 0 Å². The molecule has 2 unspecified atom stereocenters. The van der Waals surface area contributed by atoms with E-state index in [1.165, 1.54) is 25.7 Å². The van der Waals surface area contributed by atoms with Crippen LogP contribution in [0.15, 0.2) is 98.4 Å². The van der Waals surface area contributed by atoms with E-state index in [-0.39, 0.29) is 23.2 Å². The second-order valence-electron chi connectivity index (χ2n) is 26.0. The zero-order valence-corrected chi connectivity index (χ0v) is 47.3. The molecule has 10 heteroatoms. The van der Waals surface area contributed by atoms with Crippen LogP contribution in [0.3, 0.4) is 0 Å². The zero-order valence-electron chi connectivity index (χ0n) is 47.3. The summed E-state index contributed by atoms with van der Waals surface area (Å²) in [5.41, 5.74) is 4.12. The topological polar surface area (TPSA) is 79.2 Å². The van der Waals surface area contributed by atoms with Crippen molar-refractivity contribution >= 4 is 21.8 Å². The fourth-order valence-electron chi connectivity index (χ4n) is 15.9. The van der Waals surface area contributed by atoms with Gasteiger partial charge in [0.2, 0.25) is 0 Å². The molecule has 0 amide bonds. The molecule has 7 fully saturated rings. The predicted octanol–water partition coefficient (Wildman–Crippen LogP) is 10.5. The van der Waals surface area contributed by atoms with Gasteiger partial charge in [-0.1, -0.05) is 48.6 Å². The average molecular weight is 1010 g/mol. The van der Waals surface area contributed by atoms with Crippen LogP contribution in [0.1, 0.15) is 129 Å². The number of benzene rings is 2. The standard InChI is InChI=1S/C64H98N8O2/c1-11-49-45-71(39-27-51(49)41-59(71)61(73)55-25-29-65-57-23-15-13-21-53(55)57)37-19-17-31-69-35-33-67(9)64(7,8)44-48(4)70(36-34-68(10)63(5,6)43-47(69)3)32-18-20-38-72-40-28-52(50(12-2)46-72)42-60(72)62(74)56-26-30-66-58-24-16-14-22-54(56)58/h11-16,21-26,29-30,47-52,59-62,73-74H,1-2,17-20,27-28,31-46H2,3-10H3/q+2/t47?,48?,49-,50-,51+,52+,59+,60+,61-,62-,71+,72+/m1/s1. The summed E-state index contributed by atoms with van der Waals surface area (Å²) >= 11 is 0. The van der Waals surface area contributed by atoms with Crippen LogP contribution >= 0.6 is 0 Å². The average Bonchev–Trinajstić information content (AvgIpc) is 3.41. The largest absolute Gasteiger partial charge is 0.382 e. The van der Waals surface area contributed by atoms with E-state index in [9.17, 15) is 10.2 Å². The molecule has 4 aromatic rings. The first-order chi connectivity index (χ1) is 35.5. The van der Waals surface area contributed by atoms with Gasteiger partial charge in [-0.15, -0.1) is 13.2 Å². The van der Waals surface area contributed by atoms with E-state index < -0.39 is 12.2 Å². The van der Waals surface area contributed by atoms with E-state index in [1.54, 1.807) is 0 Å². The van der Waals surface area contributed by atoms with Crippen LogP contribution in [-0.4, -0.2) is 177 Å². The molecular weight excluding hydrogens is 913 g/mol. The number of nitrogens with zero attached hydrogens (tertiary/aromatic N) is 8. The number of hydrogen-bond acceptors (Lipinski definition) is 8. The lowest BCUT2D eigenvalue weighted by atomic mass is 9.71. The fraction of sp³-hybridized carbons (Fsp3) is 0.656. The lowest BCUT2D eigenvalue weighted by Crippen LogP contribution is -2.68. The van der Waals surface area contributed by atoms with E-state index in [4.69, 9.17) is 0 Å². The Kier molecular flexibility index (Phi) is 17.3. The Morgan fingerprint density at radius 2 is 1.01 bits per heavy atom. The van der Waals surface area contributed by atoms with E-state index in [2.05, 4.69) is 159 Å². The lowest BCUT2D eigenvalue weighted by molar-refractivity contribution is -0.973. The van der Waals surface area contributed by atoms with Crippen molar-refractivity contribution < 1.29 is 19.2 Å². The van der Waals surface area contributed by atoms with Gasteiger partial charge in [-0.2, -0.15) is 0 Å².